The van der Waals surface area contributed by atoms with E-state index >= 15 is 0 Å². The summed E-state index contributed by atoms with van der Waals surface area (Å²) in [5, 5.41) is 11.4. The number of nitrogens with zero attached hydrogens (tertiary/aromatic N) is 1. The Morgan fingerprint density at radius 3 is 2.50 bits per heavy atom. The monoisotopic (exact) mass is 164 g/mol. The third-order valence-electron chi connectivity index (χ3n) is 1.86. The summed E-state index contributed by atoms with van der Waals surface area (Å²) in [4.78, 5) is 0. The van der Waals surface area contributed by atoms with Crippen molar-refractivity contribution in [3.8, 4) is 0 Å². The van der Waals surface area contributed by atoms with Crippen molar-refractivity contribution in [2.24, 2.45) is 10.9 Å². The normalized spacial score (nSPS) is 14.2. The Bertz CT molecular complexity index is 269. The van der Waals surface area contributed by atoms with E-state index in [0.717, 1.165) is 5.56 Å². The molecular formula is C9H12N2O. The minimum Gasteiger partial charge on any atom is -0.409 e. The molecule has 0 saturated heterocycles. The molecular weight excluding hydrogens is 152 g/mol. The summed E-state index contributed by atoms with van der Waals surface area (Å²) < 4.78 is 0. The fourth-order valence-electron chi connectivity index (χ4n) is 0.999. The van der Waals surface area contributed by atoms with Gasteiger partial charge in [-0.05, 0) is 5.56 Å². The van der Waals surface area contributed by atoms with E-state index in [2.05, 4.69) is 5.16 Å². The van der Waals surface area contributed by atoms with E-state index in [1.54, 1.807) is 0 Å². The van der Waals surface area contributed by atoms with Crippen molar-refractivity contribution < 1.29 is 5.21 Å². The molecule has 0 radical (unpaired) electrons. The molecule has 1 aromatic carbocycles. The lowest BCUT2D eigenvalue weighted by Gasteiger charge is -2.08. The van der Waals surface area contributed by atoms with Crippen LogP contribution in [0.4, 0.5) is 0 Å². The van der Waals surface area contributed by atoms with Gasteiger partial charge in [-0.15, -0.1) is 0 Å². The predicted molar refractivity (Wildman–Crippen MR) is 48.3 cm³/mol. The molecule has 0 fully saturated rings. The zero-order chi connectivity index (χ0) is 8.97. The predicted octanol–water partition coefficient (Wildman–Crippen LogP) is 1.54. The maximum Gasteiger partial charge on any atom is 0.146 e. The highest BCUT2D eigenvalue weighted by Crippen LogP contribution is 2.13. The van der Waals surface area contributed by atoms with Crippen LogP contribution in [0.25, 0.3) is 0 Å². The summed E-state index contributed by atoms with van der Waals surface area (Å²) in [6.07, 6.45) is 0. The van der Waals surface area contributed by atoms with Crippen LogP contribution in [-0.4, -0.2) is 11.0 Å². The zero-order valence-electron chi connectivity index (χ0n) is 6.94. The van der Waals surface area contributed by atoms with Crippen molar-refractivity contribution in [2.45, 2.75) is 12.8 Å². The van der Waals surface area contributed by atoms with Crippen molar-refractivity contribution in [3.63, 3.8) is 0 Å². The van der Waals surface area contributed by atoms with Crippen LogP contribution >= 0.6 is 0 Å². The first-order valence-corrected chi connectivity index (χ1v) is 3.78. The third kappa shape index (κ3) is 1.75. The quantitative estimate of drug-likeness (QED) is 0.301. The SMILES string of the molecule is CC(C(N)=NO)c1ccccc1. The molecule has 0 saturated carbocycles. The van der Waals surface area contributed by atoms with Gasteiger partial charge in [-0.1, -0.05) is 42.4 Å². The summed E-state index contributed by atoms with van der Waals surface area (Å²) >= 11 is 0. The first-order valence-electron chi connectivity index (χ1n) is 3.78. The molecule has 0 aliphatic carbocycles. The molecule has 0 aliphatic heterocycles. The lowest BCUT2D eigenvalue weighted by atomic mass is 10.0. The first kappa shape index (κ1) is 8.59. The van der Waals surface area contributed by atoms with Gasteiger partial charge in [0.05, 0.1) is 0 Å². The van der Waals surface area contributed by atoms with Gasteiger partial charge in [-0.2, -0.15) is 0 Å². The lowest BCUT2D eigenvalue weighted by Crippen LogP contribution is -2.19. The Labute approximate surface area is 71.5 Å². The van der Waals surface area contributed by atoms with E-state index in [1.807, 2.05) is 37.3 Å². The summed E-state index contributed by atoms with van der Waals surface area (Å²) in [5.41, 5.74) is 6.50. The van der Waals surface area contributed by atoms with E-state index in [1.165, 1.54) is 0 Å². The minimum atomic E-state index is -0.0313. The minimum absolute atomic E-state index is 0.0313. The second-order valence-electron chi connectivity index (χ2n) is 2.66. The number of hydrogen-bond donors (Lipinski definition) is 2. The smallest absolute Gasteiger partial charge is 0.146 e. The molecule has 0 amide bonds. The second-order valence-corrected chi connectivity index (χ2v) is 2.66. The Morgan fingerprint density at radius 1 is 1.42 bits per heavy atom. The number of hydrogen-bond acceptors (Lipinski definition) is 2. The standard InChI is InChI=1S/C9H12N2O/c1-7(9(10)11-12)8-5-3-2-4-6-8/h2-7,12H,1H3,(H2,10,11). The average molecular weight is 164 g/mol. The Hall–Kier alpha value is -1.51. The van der Waals surface area contributed by atoms with Gasteiger partial charge in [0.2, 0.25) is 0 Å². The first-order chi connectivity index (χ1) is 5.75. The van der Waals surface area contributed by atoms with Crippen molar-refractivity contribution >= 4 is 5.84 Å². The highest BCUT2D eigenvalue weighted by molar-refractivity contribution is 5.86. The van der Waals surface area contributed by atoms with E-state index in [9.17, 15) is 0 Å². The molecule has 0 aromatic heterocycles. The Balaban J connectivity index is 2.86. The number of benzene rings is 1. The van der Waals surface area contributed by atoms with Crippen LogP contribution in [0.5, 0.6) is 0 Å². The van der Waals surface area contributed by atoms with Gasteiger partial charge >= 0.3 is 0 Å². The maximum absolute atomic E-state index is 8.43. The number of rotatable bonds is 2. The highest BCUT2D eigenvalue weighted by Gasteiger charge is 2.08. The lowest BCUT2D eigenvalue weighted by molar-refractivity contribution is 0.316. The molecule has 0 aliphatic rings. The fourth-order valence-corrected chi connectivity index (χ4v) is 0.999. The summed E-state index contributed by atoms with van der Waals surface area (Å²) in [5.74, 6) is 0.206. The van der Waals surface area contributed by atoms with Crippen molar-refractivity contribution in [2.75, 3.05) is 0 Å². The molecule has 12 heavy (non-hydrogen) atoms. The molecule has 0 bridgehead atoms. The van der Waals surface area contributed by atoms with Gasteiger partial charge in [0.15, 0.2) is 0 Å². The molecule has 1 unspecified atom stereocenters. The van der Waals surface area contributed by atoms with Gasteiger partial charge < -0.3 is 10.9 Å². The largest absolute Gasteiger partial charge is 0.409 e. The van der Waals surface area contributed by atoms with Gasteiger partial charge in [0.25, 0.3) is 0 Å². The molecule has 1 aromatic rings. The second kappa shape index (κ2) is 3.76. The zero-order valence-corrected chi connectivity index (χ0v) is 6.94. The summed E-state index contributed by atoms with van der Waals surface area (Å²) in [6.45, 7) is 1.89. The van der Waals surface area contributed by atoms with Crippen LogP contribution in [0.15, 0.2) is 35.5 Å². The van der Waals surface area contributed by atoms with Crippen molar-refractivity contribution in [1.29, 1.82) is 0 Å². The van der Waals surface area contributed by atoms with Gasteiger partial charge in [-0.25, -0.2) is 0 Å². The fraction of sp³-hybridized carbons (Fsp3) is 0.222. The van der Waals surface area contributed by atoms with Crippen LogP contribution in [0.1, 0.15) is 18.4 Å². The van der Waals surface area contributed by atoms with Gasteiger partial charge in [-0.3, -0.25) is 0 Å². The molecule has 1 rings (SSSR count). The molecule has 0 spiro atoms. The molecule has 3 N–H and O–H groups in total. The highest BCUT2D eigenvalue weighted by atomic mass is 16.4. The maximum atomic E-state index is 8.43. The molecule has 64 valence electrons. The average Bonchev–Trinajstić information content (AvgIpc) is 2.17. The topological polar surface area (TPSA) is 58.6 Å². The van der Waals surface area contributed by atoms with Crippen LogP contribution in [0.3, 0.4) is 0 Å². The number of amidine groups is 1. The summed E-state index contributed by atoms with van der Waals surface area (Å²) in [6, 6.07) is 9.68. The number of nitrogens with two attached hydrogens (primary N) is 1. The number of oxime groups is 1. The van der Waals surface area contributed by atoms with Crippen LogP contribution < -0.4 is 5.73 Å². The summed E-state index contributed by atoms with van der Waals surface area (Å²) in [7, 11) is 0. The van der Waals surface area contributed by atoms with E-state index < -0.39 is 0 Å². The van der Waals surface area contributed by atoms with Gasteiger partial charge in [0.1, 0.15) is 5.84 Å². The van der Waals surface area contributed by atoms with E-state index in [4.69, 9.17) is 10.9 Å². The Kier molecular flexibility index (Phi) is 2.69. The van der Waals surface area contributed by atoms with Crippen molar-refractivity contribution in [3.05, 3.63) is 35.9 Å². The van der Waals surface area contributed by atoms with Crippen LogP contribution in [-0.2, 0) is 0 Å². The third-order valence-corrected chi connectivity index (χ3v) is 1.86. The van der Waals surface area contributed by atoms with Gasteiger partial charge in [0, 0.05) is 5.92 Å². The van der Waals surface area contributed by atoms with Crippen molar-refractivity contribution in [1.82, 2.24) is 0 Å². The molecule has 3 heteroatoms. The molecule has 1 atom stereocenters. The molecule has 0 heterocycles. The molecule has 3 nitrogen and oxygen atoms in total. The van der Waals surface area contributed by atoms with E-state index in [-0.39, 0.29) is 11.8 Å². The van der Waals surface area contributed by atoms with Crippen LogP contribution in [0.2, 0.25) is 0 Å². The van der Waals surface area contributed by atoms with E-state index in [0.29, 0.717) is 0 Å². The Morgan fingerprint density at radius 2 is 2.00 bits per heavy atom. The van der Waals surface area contributed by atoms with Crippen LogP contribution in [0, 0.1) is 0 Å².